The van der Waals surface area contributed by atoms with Crippen LogP contribution in [0.4, 0.5) is 11.4 Å². The summed E-state index contributed by atoms with van der Waals surface area (Å²) >= 11 is 1.78. The summed E-state index contributed by atoms with van der Waals surface area (Å²) in [5, 5.41) is 9.00. The molecule has 1 aliphatic carbocycles. The molecule has 1 saturated carbocycles. The molecular weight excluding hydrogens is 292 g/mol. The van der Waals surface area contributed by atoms with E-state index >= 15 is 0 Å². The first kappa shape index (κ1) is 13.5. The molecule has 2 aliphatic rings. The lowest BCUT2D eigenvalue weighted by atomic mass is 10.0. The molecule has 22 heavy (non-hydrogen) atoms. The molecule has 0 unspecified atom stereocenters. The van der Waals surface area contributed by atoms with Gasteiger partial charge in [0.25, 0.3) is 0 Å². The van der Waals surface area contributed by atoms with E-state index in [4.69, 9.17) is 5.26 Å². The quantitative estimate of drug-likeness (QED) is 0.806. The monoisotopic (exact) mass is 308 g/mol. The summed E-state index contributed by atoms with van der Waals surface area (Å²) in [6.07, 6.45) is 4.42. The molecule has 0 amide bonds. The van der Waals surface area contributed by atoms with Gasteiger partial charge in [-0.15, -0.1) is 0 Å². The number of hydrogen-bond donors (Lipinski definition) is 0. The van der Waals surface area contributed by atoms with Crippen molar-refractivity contribution < 1.29 is 0 Å². The van der Waals surface area contributed by atoms with Crippen LogP contribution in [-0.4, -0.2) is 18.6 Å². The van der Waals surface area contributed by atoms with Gasteiger partial charge >= 0.3 is 0 Å². The maximum Gasteiger partial charge on any atom is 0.141 e. The largest absolute Gasteiger partial charge is 0.300 e. The highest BCUT2D eigenvalue weighted by Gasteiger charge is 2.31. The minimum absolute atomic E-state index is 0.455. The Balaban J connectivity index is 1.69. The molecule has 1 aromatic carbocycles. The van der Waals surface area contributed by atoms with Crippen molar-refractivity contribution in [3.63, 3.8) is 0 Å². The summed E-state index contributed by atoms with van der Waals surface area (Å²) in [4.78, 5) is 4.04. The molecule has 2 aromatic rings. The second-order valence-electron chi connectivity index (χ2n) is 5.83. The molecule has 0 saturated heterocycles. The van der Waals surface area contributed by atoms with Crippen LogP contribution in [0, 0.1) is 17.2 Å². The molecule has 0 atom stereocenters. The van der Waals surface area contributed by atoms with E-state index < -0.39 is 0 Å². The fourth-order valence-corrected chi connectivity index (χ4v) is 3.79. The minimum Gasteiger partial charge on any atom is -0.300 e. The number of anilines is 2. The van der Waals surface area contributed by atoms with E-state index in [1.54, 1.807) is 18.3 Å². The number of fused-ring (bicyclic) bond motifs is 1. The normalized spacial score (nSPS) is 16.5. The van der Waals surface area contributed by atoms with Crippen molar-refractivity contribution in [1.29, 1.82) is 5.26 Å². The van der Waals surface area contributed by atoms with Crippen molar-refractivity contribution in [3.8, 4) is 17.2 Å². The van der Waals surface area contributed by atoms with Crippen LogP contribution >= 0.6 is 12.1 Å². The van der Waals surface area contributed by atoms with Crippen LogP contribution in [0.25, 0.3) is 11.1 Å². The molecule has 0 bridgehead atoms. The van der Waals surface area contributed by atoms with Gasteiger partial charge in [-0.25, -0.2) is 4.98 Å². The van der Waals surface area contributed by atoms with Crippen molar-refractivity contribution in [2.75, 3.05) is 22.2 Å². The summed E-state index contributed by atoms with van der Waals surface area (Å²) < 4.78 is 4.61. The second kappa shape index (κ2) is 5.22. The molecule has 110 valence electrons. The van der Waals surface area contributed by atoms with Gasteiger partial charge < -0.3 is 0 Å². The smallest absolute Gasteiger partial charge is 0.141 e. The van der Waals surface area contributed by atoms with E-state index in [9.17, 15) is 0 Å². The van der Waals surface area contributed by atoms with Gasteiger partial charge in [-0.1, -0.05) is 6.07 Å². The molecule has 1 aliphatic heterocycles. The van der Waals surface area contributed by atoms with Crippen LogP contribution in [0.1, 0.15) is 18.5 Å². The Hall–Kier alpha value is -2.19. The molecule has 0 radical (unpaired) electrons. The van der Waals surface area contributed by atoms with E-state index in [0.29, 0.717) is 5.69 Å². The number of nitriles is 1. The maximum absolute atomic E-state index is 9.00. The Morgan fingerprint density at radius 3 is 2.82 bits per heavy atom. The summed E-state index contributed by atoms with van der Waals surface area (Å²) in [7, 11) is 2.10. The molecule has 5 heteroatoms. The molecule has 4 rings (SSSR count). The molecule has 4 nitrogen and oxygen atoms in total. The number of benzene rings is 1. The fraction of sp³-hybridized carbons (Fsp3) is 0.294. The first-order chi connectivity index (χ1) is 10.7. The highest BCUT2D eigenvalue weighted by molar-refractivity contribution is 8.02. The Morgan fingerprint density at radius 2 is 2.05 bits per heavy atom. The first-order valence-electron chi connectivity index (χ1n) is 7.44. The third-order valence-corrected chi connectivity index (χ3v) is 5.12. The maximum atomic E-state index is 9.00. The van der Waals surface area contributed by atoms with Gasteiger partial charge in [0.1, 0.15) is 11.8 Å². The van der Waals surface area contributed by atoms with E-state index in [1.807, 2.05) is 12.1 Å². The minimum atomic E-state index is 0.455. The lowest BCUT2D eigenvalue weighted by Crippen LogP contribution is -2.16. The van der Waals surface area contributed by atoms with Crippen LogP contribution < -0.4 is 8.61 Å². The van der Waals surface area contributed by atoms with Crippen LogP contribution in [-0.2, 0) is 0 Å². The number of aromatic nitrogens is 1. The predicted octanol–water partition coefficient (Wildman–Crippen LogP) is 3.85. The molecule has 2 heterocycles. The molecule has 1 aromatic heterocycles. The highest BCUT2D eigenvalue weighted by Crippen LogP contribution is 2.47. The zero-order chi connectivity index (χ0) is 15.1. The Bertz CT molecular complexity index is 763. The van der Waals surface area contributed by atoms with E-state index in [-0.39, 0.29) is 0 Å². The third kappa shape index (κ3) is 2.40. The Morgan fingerprint density at radius 1 is 1.23 bits per heavy atom. The Kier molecular flexibility index (Phi) is 3.20. The third-order valence-electron chi connectivity index (χ3n) is 4.13. The summed E-state index contributed by atoms with van der Waals surface area (Å²) in [5.74, 6) is 0.866. The molecule has 1 fully saturated rings. The van der Waals surface area contributed by atoms with Crippen LogP contribution in [0.2, 0.25) is 0 Å². The van der Waals surface area contributed by atoms with Crippen molar-refractivity contribution in [2.24, 2.45) is 5.92 Å². The molecule has 0 N–H and O–H groups in total. The number of rotatable bonds is 3. The lowest BCUT2D eigenvalue weighted by molar-refractivity contribution is 0.852. The predicted molar refractivity (Wildman–Crippen MR) is 90.5 cm³/mol. The van der Waals surface area contributed by atoms with Crippen LogP contribution in [0.15, 0.2) is 36.5 Å². The van der Waals surface area contributed by atoms with Crippen molar-refractivity contribution in [3.05, 3.63) is 42.2 Å². The van der Waals surface area contributed by atoms with Gasteiger partial charge in [0.15, 0.2) is 0 Å². The summed E-state index contributed by atoms with van der Waals surface area (Å²) in [6, 6.07) is 12.4. The lowest BCUT2D eigenvalue weighted by Gasteiger charge is -2.16. The SMILES string of the molecule is CN1SN(CC2CC2)c2ccc(-c3ccnc(C#N)c3)cc21. The topological polar surface area (TPSA) is 43.2 Å². The average molecular weight is 308 g/mol. The zero-order valence-corrected chi connectivity index (χ0v) is 13.2. The number of hydrogen-bond acceptors (Lipinski definition) is 5. The summed E-state index contributed by atoms with van der Waals surface area (Å²) in [5.41, 5.74) is 5.14. The van der Waals surface area contributed by atoms with Gasteiger partial charge in [0.2, 0.25) is 0 Å². The van der Waals surface area contributed by atoms with Crippen molar-refractivity contribution in [2.45, 2.75) is 12.8 Å². The van der Waals surface area contributed by atoms with Gasteiger partial charge in [-0.3, -0.25) is 8.61 Å². The second-order valence-corrected chi connectivity index (χ2v) is 6.98. The molecular formula is C17H16N4S. The van der Waals surface area contributed by atoms with E-state index in [0.717, 1.165) is 23.6 Å². The fourth-order valence-electron chi connectivity index (χ4n) is 2.74. The van der Waals surface area contributed by atoms with Gasteiger partial charge in [-0.05, 0) is 54.2 Å². The molecule has 0 spiro atoms. The highest BCUT2D eigenvalue weighted by atomic mass is 32.2. The van der Waals surface area contributed by atoms with E-state index in [1.165, 1.54) is 24.2 Å². The number of pyridine rings is 1. The van der Waals surface area contributed by atoms with Crippen molar-refractivity contribution >= 4 is 23.5 Å². The van der Waals surface area contributed by atoms with Crippen LogP contribution in [0.5, 0.6) is 0 Å². The van der Waals surface area contributed by atoms with Gasteiger partial charge in [-0.2, -0.15) is 5.26 Å². The van der Waals surface area contributed by atoms with Crippen LogP contribution in [0.3, 0.4) is 0 Å². The van der Waals surface area contributed by atoms with Gasteiger partial charge in [0, 0.05) is 19.8 Å². The zero-order valence-electron chi connectivity index (χ0n) is 12.4. The standard InChI is InChI=1S/C17H16N4S/c1-20-17-9-13(14-6-7-19-15(8-14)10-18)4-5-16(17)21(22-20)11-12-2-3-12/h4-9,12H,2-3,11H2,1H3. The Labute approximate surface area is 134 Å². The van der Waals surface area contributed by atoms with Gasteiger partial charge in [0.05, 0.1) is 23.5 Å². The first-order valence-corrected chi connectivity index (χ1v) is 8.17. The number of nitrogens with zero attached hydrogens (tertiary/aromatic N) is 4. The van der Waals surface area contributed by atoms with Crippen molar-refractivity contribution in [1.82, 2.24) is 4.98 Å². The average Bonchev–Trinajstić information content (AvgIpc) is 3.32. The van der Waals surface area contributed by atoms with E-state index in [2.05, 4.69) is 44.9 Å². The summed E-state index contributed by atoms with van der Waals surface area (Å²) in [6.45, 7) is 1.13.